The van der Waals surface area contributed by atoms with Crippen LogP contribution in [0.25, 0.3) is 0 Å². The van der Waals surface area contributed by atoms with Crippen LogP contribution in [0.4, 0.5) is 18.0 Å². The molecule has 0 spiro atoms. The highest BCUT2D eigenvalue weighted by Gasteiger charge is 2.31. The van der Waals surface area contributed by atoms with E-state index in [-0.39, 0.29) is 12.3 Å². The van der Waals surface area contributed by atoms with Crippen LogP contribution in [0.15, 0.2) is 36.9 Å². The molecule has 0 radical (unpaired) electrons. The van der Waals surface area contributed by atoms with Gasteiger partial charge in [-0.2, -0.15) is 0 Å². The predicted molar refractivity (Wildman–Crippen MR) is 80.0 cm³/mol. The van der Waals surface area contributed by atoms with Crippen LogP contribution in [0.1, 0.15) is 31.2 Å². The molecule has 1 aromatic carbocycles. The number of alkyl carbamates (subject to hydrolysis) is 1. The van der Waals surface area contributed by atoms with E-state index in [4.69, 9.17) is 4.74 Å². The maximum absolute atomic E-state index is 12.1. The van der Waals surface area contributed by atoms with Crippen LogP contribution in [-0.4, -0.2) is 19.1 Å². The van der Waals surface area contributed by atoms with Gasteiger partial charge in [0.1, 0.15) is 5.75 Å². The highest BCUT2D eigenvalue weighted by Crippen LogP contribution is 2.23. The van der Waals surface area contributed by atoms with E-state index < -0.39 is 12.5 Å². The summed E-state index contributed by atoms with van der Waals surface area (Å²) in [5, 5.41) is 2.48. The molecule has 0 aliphatic carbocycles. The van der Waals surface area contributed by atoms with Crippen molar-refractivity contribution in [2.45, 2.75) is 38.6 Å². The number of carbonyl (C=O) groups excluding carboxylic acids is 1. The van der Waals surface area contributed by atoms with Gasteiger partial charge < -0.3 is 14.8 Å². The molecule has 1 aromatic rings. The van der Waals surface area contributed by atoms with E-state index in [1.165, 1.54) is 18.2 Å². The van der Waals surface area contributed by atoms with Crippen LogP contribution in [0, 0.1) is 0 Å². The Bertz CT molecular complexity index is 504. The third kappa shape index (κ3) is 9.44. The summed E-state index contributed by atoms with van der Waals surface area (Å²) in [5.74, 6) is -0.326. The number of halogens is 3. The highest BCUT2D eigenvalue weighted by molar-refractivity contribution is 5.67. The average molecular weight is 331 g/mol. The molecule has 1 rings (SSSR count). The zero-order valence-corrected chi connectivity index (χ0v) is 12.7. The minimum absolute atomic E-state index is 0.0599. The molecule has 4 nitrogen and oxygen atoms in total. The van der Waals surface area contributed by atoms with E-state index >= 15 is 0 Å². The van der Waals surface area contributed by atoms with Crippen molar-refractivity contribution >= 4 is 6.09 Å². The zero-order valence-electron chi connectivity index (χ0n) is 12.7. The van der Waals surface area contributed by atoms with Crippen molar-refractivity contribution in [2.75, 3.05) is 6.61 Å². The van der Waals surface area contributed by atoms with Gasteiger partial charge >= 0.3 is 12.5 Å². The first-order valence-corrected chi connectivity index (χ1v) is 7.27. The fraction of sp³-hybridized carbons (Fsp3) is 0.438. The smallest absolute Gasteiger partial charge is 0.450 e. The van der Waals surface area contributed by atoms with Crippen LogP contribution >= 0.6 is 0 Å². The molecular formula is C16H20F3NO3. The molecule has 7 heteroatoms. The number of hydrogen-bond acceptors (Lipinski definition) is 3. The lowest BCUT2D eigenvalue weighted by Crippen LogP contribution is -2.24. The number of rotatable bonds is 9. The van der Waals surface area contributed by atoms with Crippen molar-refractivity contribution in [1.29, 1.82) is 0 Å². The number of benzene rings is 1. The zero-order chi connectivity index (χ0) is 17.1. The number of allylic oxidation sites excluding steroid dienone is 1. The van der Waals surface area contributed by atoms with Crippen molar-refractivity contribution in [2.24, 2.45) is 0 Å². The van der Waals surface area contributed by atoms with Crippen molar-refractivity contribution in [3.05, 3.63) is 42.5 Å². The SMILES string of the molecule is C=CCCCCCOC(=O)NCc1cccc(OC(F)(F)F)c1. The number of carbonyl (C=O) groups is 1. The standard InChI is InChI=1S/C16H20F3NO3/c1-2-3-4-5-6-10-22-15(21)20-12-13-8-7-9-14(11-13)23-16(17,18)19/h2,7-9,11H,1,3-6,10,12H2,(H,20,21). The van der Waals surface area contributed by atoms with Crippen LogP contribution in [0.5, 0.6) is 5.75 Å². The van der Waals surface area contributed by atoms with Gasteiger partial charge in [-0.25, -0.2) is 4.79 Å². The summed E-state index contributed by atoms with van der Waals surface area (Å²) in [4.78, 5) is 11.5. The third-order valence-corrected chi connectivity index (χ3v) is 2.85. The van der Waals surface area contributed by atoms with Crippen LogP contribution in [0.3, 0.4) is 0 Å². The van der Waals surface area contributed by atoms with E-state index in [1.54, 1.807) is 6.07 Å². The number of alkyl halides is 3. The molecule has 0 saturated heterocycles. The number of hydrogen-bond donors (Lipinski definition) is 1. The summed E-state index contributed by atoms with van der Waals surface area (Å²) >= 11 is 0. The summed E-state index contributed by atoms with van der Waals surface area (Å²) < 4.78 is 45.1. The summed E-state index contributed by atoms with van der Waals surface area (Å²) in [6.45, 7) is 3.98. The Balaban J connectivity index is 2.27. The molecule has 0 saturated carbocycles. The Kier molecular flexibility index (Phi) is 8.01. The fourth-order valence-corrected chi connectivity index (χ4v) is 1.81. The van der Waals surface area contributed by atoms with E-state index in [1.807, 2.05) is 6.08 Å². The van der Waals surface area contributed by atoms with Gasteiger partial charge in [-0.3, -0.25) is 0 Å². The molecule has 1 amide bonds. The second-order valence-electron chi connectivity index (χ2n) is 4.82. The number of unbranched alkanes of at least 4 members (excludes halogenated alkanes) is 3. The first-order chi connectivity index (χ1) is 10.9. The highest BCUT2D eigenvalue weighted by atomic mass is 19.4. The number of ether oxygens (including phenoxy) is 2. The van der Waals surface area contributed by atoms with Gasteiger partial charge in [0.15, 0.2) is 0 Å². The second-order valence-corrected chi connectivity index (χ2v) is 4.82. The summed E-state index contributed by atoms with van der Waals surface area (Å²) in [5.41, 5.74) is 0.481. The van der Waals surface area contributed by atoms with Crippen LogP contribution in [-0.2, 0) is 11.3 Å². The lowest BCUT2D eigenvalue weighted by Gasteiger charge is -2.10. The molecule has 1 N–H and O–H groups in total. The molecule has 0 aromatic heterocycles. The van der Waals surface area contributed by atoms with Crippen molar-refractivity contribution < 1.29 is 27.4 Å². The van der Waals surface area contributed by atoms with E-state index in [2.05, 4.69) is 16.6 Å². The average Bonchev–Trinajstić information content (AvgIpc) is 2.47. The number of amides is 1. The van der Waals surface area contributed by atoms with Gasteiger partial charge in [0.05, 0.1) is 6.61 Å². The summed E-state index contributed by atoms with van der Waals surface area (Å²) in [6, 6.07) is 5.41. The molecule has 0 atom stereocenters. The minimum atomic E-state index is -4.74. The maximum atomic E-state index is 12.1. The largest absolute Gasteiger partial charge is 0.573 e. The Morgan fingerprint density at radius 3 is 2.74 bits per heavy atom. The second kappa shape index (κ2) is 9.76. The monoisotopic (exact) mass is 331 g/mol. The Morgan fingerprint density at radius 2 is 2.04 bits per heavy atom. The van der Waals surface area contributed by atoms with Gasteiger partial charge in [0.25, 0.3) is 0 Å². The van der Waals surface area contributed by atoms with E-state index in [0.29, 0.717) is 12.2 Å². The van der Waals surface area contributed by atoms with Gasteiger partial charge in [0.2, 0.25) is 0 Å². The molecule has 0 aliphatic heterocycles. The van der Waals surface area contributed by atoms with E-state index in [9.17, 15) is 18.0 Å². The summed E-state index contributed by atoms with van der Waals surface area (Å²) in [7, 11) is 0. The summed E-state index contributed by atoms with van der Waals surface area (Å²) in [6.07, 6.45) is 0.131. The lowest BCUT2D eigenvalue weighted by molar-refractivity contribution is -0.274. The van der Waals surface area contributed by atoms with Gasteiger partial charge in [-0.15, -0.1) is 19.8 Å². The fourth-order valence-electron chi connectivity index (χ4n) is 1.81. The molecule has 0 unspecified atom stereocenters. The molecular weight excluding hydrogens is 311 g/mol. The van der Waals surface area contributed by atoms with Crippen LogP contribution in [0.2, 0.25) is 0 Å². The Labute approximate surface area is 133 Å². The van der Waals surface area contributed by atoms with E-state index in [0.717, 1.165) is 25.7 Å². The predicted octanol–water partition coefficient (Wildman–Crippen LogP) is 4.56. The number of nitrogens with one attached hydrogen (secondary N) is 1. The maximum Gasteiger partial charge on any atom is 0.573 e. The molecule has 0 aliphatic rings. The molecule has 0 bridgehead atoms. The molecule has 23 heavy (non-hydrogen) atoms. The normalized spacial score (nSPS) is 10.9. The van der Waals surface area contributed by atoms with Crippen molar-refractivity contribution in [3.8, 4) is 5.75 Å². The lowest BCUT2D eigenvalue weighted by atomic mass is 10.2. The minimum Gasteiger partial charge on any atom is -0.450 e. The molecule has 0 fully saturated rings. The molecule has 128 valence electrons. The first-order valence-electron chi connectivity index (χ1n) is 7.27. The Hall–Kier alpha value is -2.18. The first kappa shape index (κ1) is 18.9. The molecule has 0 heterocycles. The van der Waals surface area contributed by atoms with Gasteiger partial charge in [-0.05, 0) is 43.4 Å². The topological polar surface area (TPSA) is 47.6 Å². The van der Waals surface area contributed by atoms with Gasteiger partial charge in [-0.1, -0.05) is 18.2 Å². The third-order valence-electron chi connectivity index (χ3n) is 2.85. The van der Waals surface area contributed by atoms with Crippen molar-refractivity contribution in [3.63, 3.8) is 0 Å². The van der Waals surface area contributed by atoms with Crippen LogP contribution < -0.4 is 10.1 Å². The quantitative estimate of drug-likeness (QED) is 0.533. The van der Waals surface area contributed by atoms with Gasteiger partial charge in [0, 0.05) is 6.54 Å². The Morgan fingerprint density at radius 1 is 1.26 bits per heavy atom. The van der Waals surface area contributed by atoms with Crippen molar-refractivity contribution in [1.82, 2.24) is 5.32 Å².